The minimum absolute atomic E-state index is 0.243. The van der Waals surface area contributed by atoms with Gasteiger partial charge in [0.05, 0.1) is 11.9 Å². The van der Waals surface area contributed by atoms with E-state index in [1.54, 1.807) is 0 Å². The summed E-state index contributed by atoms with van der Waals surface area (Å²) in [6, 6.07) is 12.1. The van der Waals surface area contributed by atoms with Crippen LogP contribution in [0.2, 0.25) is 0 Å². The first-order valence-corrected chi connectivity index (χ1v) is 13.1. The van der Waals surface area contributed by atoms with Gasteiger partial charge in [-0.25, -0.2) is 8.42 Å². The number of aryl methyl sites for hydroxylation is 3. The van der Waals surface area contributed by atoms with Crippen molar-refractivity contribution in [3.05, 3.63) is 58.7 Å². The molecule has 3 rings (SSSR count). The maximum atomic E-state index is 12.7. The molecule has 0 bridgehead atoms. The molecule has 1 heterocycles. The fraction of sp³-hybridized carbons (Fsp3) is 0.480. The lowest BCUT2D eigenvalue weighted by atomic mass is 9.99. The van der Waals surface area contributed by atoms with Crippen LogP contribution >= 0.6 is 0 Å². The summed E-state index contributed by atoms with van der Waals surface area (Å²) in [4.78, 5) is 15.1. The van der Waals surface area contributed by atoms with E-state index in [2.05, 4.69) is 29.3 Å². The molecule has 1 saturated heterocycles. The van der Waals surface area contributed by atoms with Gasteiger partial charge in [-0.05, 0) is 68.4 Å². The quantitative estimate of drug-likeness (QED) is 0.684. The third-order valence-corrected chi connectivity index (χ3v) is 7.13. The van der Waals surface area contributed by atoms with E-state index in [1.165, 1.54) is 22.8 Å². The van der Waals surface area contributed by atoms with Crippen molar-refractivity contribution in [2.45, 2.75) is 47.1 Å². The van der Waals surface area contributed by atoms with Gasteiger partial charge in [0.2, 0.25) is 15.9 Å². The van der Waals surface area contributed by atoms with Crippen LogP contribution in [0.4, 0.5) is 11.4 Å². The smallest absolute Gasteiger partial charge is 0.241 e. The van der Waals surface area contributed by atoms with Crippen LogP contribution in [-0.4, -0.2) is 40.2 Å². The van der Waals surface area contributed by atoms with Crippen LogP contribution in [0.15, 0.2) is 36.4 Å². The van der Waals surface area contributed by atoms with Crippen LogP contribution in [0.3, 0.4) is 0 Å². The Morgan fingerprint density at radius 2 is 1.75 bits per heavy atom. The molecule has 0 radical (unpaired) electrons. The van der Waals surface area contributed by atoms with Crippen molar-refractivity contribution in [3.63, 3.8) is 0 Å². The highest BCUT2D eigenvalue weighted by Gasteiger charge is 2.24. The highest BCUT2D eigenvalue weighted by Crippen LogP contribution is 2.28. The van der Waals surface area contributed by atoms with Crippen molar-refractivity contribution < 1.29 is 13.2 Å². The molecule has 0 spiro atoms. The van der Waals surface area contributed by atoms with Gasteiger partial charge in [0, 0.05) is 25.3 Å². The maximum absolute atomic E-state index is 12.7. The lowest BCUT2D eigenvalue weighted by molar-refractivity contribution is -0.119. The van der Waals surface area contributed by atoms with Gasteiger partial charge in [0.15, 0.2) is 0 Å². The summed E-state index contributed by atoms with van der Waals surface area (Å²) in [6.07, 6.45) is 3.64. The first-order chi connectivity index (χ1) is 15.0. The van der Waals surface area contributed by atoms with Crippen LogP contribution in [-0.2, 0) is 21.4 Å². The van der Waals surface area contributed by atoms with Crippen LogP contribution in [0, 0.1) is 26.7 Å². The summed E-state index contributed by atoms with van der Waals surface area (Å²) < 4.78 is 26.2. The molecule has 1 amide bonds. The van der Waals surface area contributed by atoms with E-state index >= 15 is 0 Å². The molecule has 1 fully saturated rings. The number of carbonyl (C=O) groups is 1. The molecule has 0 saturated carbocycles. The molecular weight excluding hydrogens is 422 g/mol. The number of hydrogen-bond acceptors (Lipinski definition) is 4. The van der Waals surface area contributed by atoms with E-state index in [1.807, 2.05) is 45.0 Å². The van der Waals surface area contributed by atoms with Crippen molar-refractivity contribution in [2.75, 3.05) is 35.1 Å². The average molecular weight is 458 g/mol. The van der Waals surface area contributed by atoms with Crippen molar-refractivity contribution in [1.29, 1.82) is 0 Å². The number of sulfonamides is 1. The second kappa shape index (κ2) is 9.94. The van der Waals surface area contributed by atoms with Gasteiger partial charge in [-0.15, -0.1) is 0 Å². The second-order valence-corrected chi connectivity index (χ2v) is 11.1. The monoisotopic (exact) mass is 457 g/mol. The standard InChI is InChI=1S/C25H35N3O3S/c1-18-7-6-12-27(16-18)23-10-8-22(9-11-23)15-26-24(29)17-28(32(5,30)31)25-20(3)13-19(2)14-21(25)4/h8-11,13-14,18H,6-7,12,15-17H2,1-5H3,(H,26,29). The Hall–Kier alpha value is -2.54. The number of benzene rings is 2. The van der Waals surface area contributed by atoms with Crippen LogP contribution in [0.5, 0.6) is 0 Å². The number of rotatable bonds is 7. The Labute approximate surface area is 192 Å². The summed E-state index contributed by atoms with van der Waals surface area (Å²) in [5.74, 6) is 0.380. The normalized spacial score (nSPS) is 16.7. The van der Waals surface area contributed by atoms with Gasteiger partial charge < -0.3 is 10.2 Å². The number of nitrogens with one attached hydrogen (secondary N) is 1. The minimum atomic E-state index is -3.61. The molecule has 1 atom stereocenters. The van der Waals surface area contributed by atoms with Crippen molar-refractivity contribution in [2.24, 2.45) is 5.92 Å². The Morgan fingerprint density at radius 1 is 1.12 bits per heavy atom. The molecule has 174 valence electrons. The molecule has 2 aromatic carbocycles. The zero-order chi connectivity index (χ0) is 23.5. The van der Waals surface area contributed by atoms with Crippen molar-refractivity contribution >= 4 is 27.3 Å². The third-order valence-electron chi connectivity index (χ3n) is 6.02. The van der Waals surface area contributed by atoms with Gasteiger partial charge in [-0.3, -0.25) is 9.10 Å². The molecule has 1 N–H and O–H groups in total. The number of nitrogens with zero attached hydrogens (tertiary/aromatic N) is 2. The zero-order valence-electron chi connectivity index (χ0n) is 19.8. The molecular formula is C25H35N3O3S. The van der Waals surface area contributed by atoms with Gasteiger partial charge in [0.25, 0.3) is 0 Å². The van der Waals surface area contributed by atoms with Gasteiger partial charge in [0.1, 0.15) is 6.54 Å². The van der Waals surface area contributed by atoms with E-state index < -0.39 is 10.0 Å². The van der Waals surface area contributed by atoms with Crippen molar-refractivity contribution in [1.82, 2.24) is 5.32 Å². The number of amides is 1. The molecule has 0 aliphatic carbocycles. The van der Waals surface area contributed by atoms with Crippen molar-refractivity contribution in [3.8, 4) is 0 Å². The highest BCUT2D eigenvalue weighted by molar-refractivity contribution is 7.92. The number of piperidine rings is 1. The predicted octanol–water partition coefficient (Wildman–Crippen LogP) is 3.93. The second-order valence-electron chi connectivity index (χ2n) is 9.15. The van der Waals surface area contributed by atoms with E-state index in [0.29, 0.717) is 18.2 Å². The van der Waals surface area contributed by atoms with Crippen LogP contribution in [0.25, 0.3) is 0 Å². The third kappa shape index (κ3) is 6.03. The summed E-state index contributed by atoms with van der Waals surface area (Å²) in [5, 5.41) is 2.87. The Bertz CT molecular complexity index is 1040. The van der Waals surface area contributed by atoms with Gasteiger partial charge >= 0.3 is 0 Å². The summed E-state index contributed by atoms with van der Waals surface area (Å²) in [7, 11) is -3.61. The molecule has 7 heteroatoms. The summed E-state index contributed by atoms with van der Waals surface area (Å²) >= 11 is 0. The minimum Gasteiger partial charge on any atom is -0.371 e. The molecule has 2 aromatic rings. The molecule has 1 unspecified atom stereocenters. The first-order valence-electron chi connectivity index (χ1n) is 11.2. The fourth-order valence-electron chi connectivity index (χ4n) is 4.56. The average Bonchev–Trinajstić information content (AvgIpc) is 2.70. The Morgan fingerprint density at radius 3 is 2.31 bits per heavy atom. The number of anilines is 2. The lowest BCUT2D eigenvalue weighted by Crippen LogP contribution is -2.40. The van der Waals surface area contributed by atoms with E-state index in [4.69, 9.17) is 0 Å². The van der Waals surface area contributed by atoms with Crippen LogP contribution in [0.1, 0.15) is 42.0 Å². The summed E-state index contributed by atoms with van der Waals surface area (Å²) in [6.45, 7) is 10.3. The van der Waals surface area contributed by atoms with E-state index in [-0.39, 0.29) is 12.5 Å². The van der Waals surface area contributed by atoms with Gasteiger partial charge in [-0.1, -0.05) is 36.8 Å². The molecule has 32 heavy (non-hydrogen) atoms. The lowest BCUT2D eigenvalue weighted by Gasteiger charge is -2.32. The highest BCUT2D eigenvalue weighted by atomic mass is 32.2. The van der Waals surface area contributed by atoms with E-state index in [0.717, 1.165) is 41.6 Å². The van der Waals surface area contributed by atoms with Crippen LogP contribution < -0.4 is 14.5 Å². The molecule has 0 aromatic heterocycles. The molecule has 1 aliphatic rings. The summed E-state index contributed by atoms with van der Waals surface area (Å²) in [5.41, 5.74) is 5.50. The number of hydrogen-bond donors (Lipinski definition) is 1. The number of carbonyl (C=O) groups excluding carboxylic acids is 1. The molecule has 1 aliphatic heterocycles. The zero-order valence-corrected chi connectivity index (χ0v) is 20.6. The fourth-order valence-corrected chi connectivity index (χ4v) is 5.53. The van der Waals surface area contributed by atoms with Gasteiger partial charge in [-0.2, -0.15) is 0 Å². The topological polar surface area (TPSA) is 69.7 Å². The predicted molar refractivity (Wildman–Crippen MR) is 132 cm³/mol. The van der Waals surface area contributed by atoms with E-state index in [9.17, 15) is 13.2 Å². The molecule has 6 nitrogen and oxygen atoms in total. The largest absolute Gasteiger partial charge is 0.371 e. The Balaban J connectivity index is 1.65. The SMILES string of the molecule is Cc1cc(C)c(N(CC(=O)NCc2ccc(N3CCCC(C)C3)cc2)S(C)(=O)=O)c(C)c1. The first kappa shape index (κ1) is 24.1. The maximum Gasteiger partial charge on any atom is 0.241 e. The Kier molecular flexibility index (Phi) is 7.49.